The largest absolute Gasteiger partial charge is 0.380 e. The molecule has 8 nitrogen and oxygen atoms in total. The molecule has 25 heavy (non-hydrogen) atoms. The summed E-state index contributed by atoms with van der Waals surface area (Å²) in [4.78, 5) is 19.1. The van der Waals surface area contributed by atoms with Crippen molar-refractivity contribution < 1.29 is 13.2 Å². The second-order valence-corrected chi connectivity index (χ2v) is 9.13. The van der Waals surface area contributed by atoms with E-state index in [2.05, 4.69) is 30.8 Å². The molecule has 0 spiro atoms. The number of aromatic amines is 2. The van der Waals surface area contributed by atoms with Crippen molar-refractivity contribution >= 4 is 37.0 Å². The first-order valence-electron chi connectivity index (χ1n) is 8.18. The quantitative estimate of drug-likeness (QED) is 0.746. The fourth-order valence-corrected chi connectivity index (χ4v) is 5.94. The van der Waals surface area contributed by atoms with Crippen LogP contribution in [-0.4, -0.2) is 73.0 Å². The van der Waals surface area contributed by atoms with Crippen molar-refractivity contribution in [3.8, 4) is 0 Å². The second-order valence-electron chi connectivity index (χ2n) is 6.36. The van der Waals surface area contributed by atoms with E-state index in [-0.39, 0.29) is 10.6 Å². The van der Waals surface area contributed by atoms with Crippen molar-refractivity contribution in [2.45, 2.75) is 17.4 Å². The third-order valence-corrected chi connectivity index (χ3v) is 7.74. The lowest BCUT2D eigenvalue weighted by atomic mass is 10.2. The Hall–Kier alpha value is -1.20. The topological polar surface area (TPSA) is 98.5 Å². The monoisotopic (exact) mass is 430 g/mol. The van der Waals surface area contributed by atoms with Crippen molar-refractivity contribution in [3.63, 3.8) is 0 Å². The number of H-pyrrole nitrogens is 2. The number of benzene rings is 1. The Morgan fingerprint density at radius 2 is 1.80 bits per heavy atom. The lowest BCUT2D eigenvalue weighted by Gasteiger charge is -2.36. The van der Waals surface area contributed by atoms with E-state index in [0.29, 0.717) is 47.7 Å². The van der Waals surface area contributed by atoms with E-state index in [9.17, 15) is 13.2 Å². The van der Waals surface area contributed by atoms with E-state index in [1.165, 1.54) is 10.4 Å². The number of aromatic nitrogens is 2. The van der Waals surface area contributed by atoms with Crippen LogP contribution in [0.2, 0.25) is 0 Å². The molecule has 2 saturated heterocycles. The number of piperazine rings is 1. The van der Waals surface area contributed by atoms with Gasteiger partial charge in [-0.1, -0.05) is 0 Å². The van der Waals surface area contributed by atoms with Gasteiger partial charge in [0.15, 0.2) is 0 Å². The Morgan fingerprint density at radius 3 is 2.44 bits per heavy atom. The van der Waals surface area contributed by atoms with Crippen molar-refractivity contribution in [1.29, 1.82) is 0 Å². The molecule has 0 unspecified atom stereocenters. The van der Waals surface area contributed by atoms with Gasteiger partial charge in [0.25, 0.3) is 0 Å². The zero-order valence-corrected chi connectivity index (χ0v) is 15.9. The van der Waals surface area contributed by atoms with E-state index in [4.69, 9.17) is 4.74 Å². The molecule has 1 aromatic carbocycles. The lowest BCUT2D eigenvalue weighted by molar-refractivity contribution is 0.113. The fourth-order valence-electron chi connectivity index (χ4n) is 3.49. The third-order valence-electron chi connectivity index (χ3n) is 4.88. The summed E-state index contributed by atoms with van der Waals surface area (Å²) in [6.07, 6.45) is 1.01. The molecule has 0 saturated carbocycles. The van der Waals surface area contributed by atoms with Gasteiger partial charge in [-0.05, 0) is 34.5 Å². The van der Waals surface area contributed by atoms with Crippen LogP contribution >= 0.6 is 15.9 Å². The van der Waals surface area contributed by atoms with Crippen molar-refractivity contribution in [1.82, 2.24) is 19.2 Å². The number of nitrogens with zero attached hydrogens (tertiary/aromatic N) is 2. The Balaban J connectivity index is 1.57. The standard InChI is InChI=1S/C15H19BrN4O4S/c16-11-7-12-13(18-15(21)17-12)8-14(11)25(22,23)20-4-2-19(3-5-20)10-1-6-24-9-10/h7-8,10H,1-6,9H2,(H2,17,18,21)/t10-/m1/s1. The summed E-state index contributed by atoms with van der Waals surface area (Å²) in [6.45, 7) is 3.82. The van der Waals surface area contributed by atoms with Crippen LogP contribution in [0.1, 0.15) is 6.42 Å². The average molecular weight is 431 g/mol. The molecule has 2 N–H and O–H groups in total. The number of halogens is 1. The maximum atomic E-state index is 13.0. The number of ether oxygens (including phenoxy) is 1. The van der Waals surface area contributed by atoms with Gasteiger partial charge >= 0.3 is 5.69 Å². The molecule has 2 aromatic rings. The van der Waals surface area contributed by atoms with E-state index in [1.807, 2.05) is 0 Å². The Bertz CT molecular complexity index is 940. The zero-order chi connectivity index (χ0) is 17.6. The molecule has 0 radical (unpaired) electrons. The van der Waals surface area contributed by atoms with Gasteiger partial charge in [-0.25, -0.2) is 13.2 Å². The SMILES string of the molecule is O=c1[nH]c2cc(Br)c(S(=O)(=O)N3CCN([C@@H]4CCOC4)CC3)cc2[nH]1. The summed E-state index contributed by atoms with van der Waals surface area (Å²) in [5.41, 5.74) is 0.694. The molecule has 2 aliphatic rings. The summed E-state index contributed by atoms with van der Waals surface area (Å²) >= 11 is 3.33. The van der Waals surface area contributed by atoms with Crippen LogP contribution in [0.3, 0.4) is 0 Å². The molecular weight excluding hydrogens is 412 g/mol. The molecule has 0 amide bonds. The molecular formula is C15H19BrN4O4S. The van der Waals surface area contributed by atoms with Crippen LogP contribution in [0.25, 0.3) is 11.0 Å². The van der Waals surface area contributed by atoms with Gasteiger partial charge < -0.3 is 14.7 Å². The first kappa shape index (κ1) is 17.2. The summed E-state index contributed by atoms with van der Waals surface area (Å²) in [6, 6.07) is 3.52. The highest BCUT2D eigenvalue weighted by Crippen LogP contribution is 2.29. The minimum absolute atomic E-state index is 0.174. The minimum Gasteiger partial charge on any atom is -0.380 e. The molecule has 4 rings (SSSR count). The Kier molecular flexibility index (Phi) is 4.49. The summed E-state index contributed by atoms with van der Waals surface area (Å²) in [5.74, 6) is 0. The van der Waals surface area contributed by atoms with Crippen LogP contribution < -0.4 is 5.69 Å². The van der Waals surface area contributed by atoms with Gasteiger partial charge in [0.1, 0.15) is 0 Å². The minimum atomic E-state index is -3.63. The second kappa shape index (κ2) is 6.51. The maximum Gasteiger partial charge on any atom is 0.323 e. The number of hydrogen-bond donors (Lipinski definition) is 2. The number of fused-ring (bicyclic) bond motifs is 1. The van der Waals surface area contributed by atoms with Gasteiger partial charge in [-0.3, -0.25) is 4.90 Å². The van der Waals surface area contributed by atoms with Crippen molar-refractivity contribution in [3.05, 3.63) is 27.1 Å². The van der Waals surface area contributed by atoms with E-state index in [0.717, 1.165) is 19.6 Å². The van der Waals surface area contributed by atoms with Gasteiger partial charge in [0, 0.05) is 43.3 Å². The summed E-state index contributed by atoms with van der Waals surface area (Å²) in [5, 5.41) is 0. The van der Waals surface area contributed by atoms with Crippen molar-refractivity contribution in [2.75, 3.05) is 39.4 Å². The summed E-state index contributed by atoms with van der Waals surface area (Å²) < 4.78 is 33.5. The lowest BCUT2D eigenvalue weighted by Crippen LogP contribution is -2.52. The Morgan fingerprint density at radius 1 is 1.12 bits per heavy atom. The molecule has 1 atom stereocenters. The van der Waals surface area contributed by atoms with E-state index in [1.54, 1.807) is 6.07 Å². The maximum absolute atomic E-state index is 13.0. The van der Waals surface area contributed by atoms with Crippen LogP contribution in [-0.2, 0) is 14.8 Å². The van der Waals surface area contributed by atoms with Crippen molar-refractivity contribution in [2.24, 2.45) is 0 Å². The van der Waals surface area contributed by atoms with E-state index >= 15 is 0 Å². The van der Waals surface area contributed by atoms with Crippen LogP contribution in [0, 0.1) is 0 Å². The predicted octanol–water partition coefficient (Wildman–Crippen LogP) is 0.714. The number of rotatable bonds is 3. The van der Waals surface area contributed by atoms with Gasteiger partial charge in [0.2, 0.25) is 10.0 Å². The Labute approximate surface area is 153 Å². The highest BCUT2D eigenvalue weighted by Gasteiger charge is 2.33. The number of imidazole rings is 1. The smallest absolute Gasteiger partial charge is 0.323 e. The first-order valence-corrected chi connectivity index (χ1v) is 10.4. The molecule has 1 aromatic heterocycles. The predicted molar refractivity (Wildman–Crippen MR) is 96.2 cm³/mol. The summed E-state index contributed by atoms with van der Waals surface area (Å²) in [7, 11) is -3.63. The first-order chi connectivity index (χ1) is 11.9. The van der Waals surface area contributed by atoms with Crippen LogP contribution in [0.5, 0.6) is 0 Å². The molecule has 136 valence electrons. The average Bonchev–Trinajstić information content (AvgIpc) is 3.22. The van der Waals surface area contributed by atoms with Gasteiger partial charge in [-0.15, -0.1) is 0 Å². The number of sulfonamides is 1. The van der Waals surface area contributed by atoms with Gasteiger partial charge in [0.05, 0.1) is 22.5 Å². The molecule has 10 heteroatoms. The van der Waals surface area contributed by atoms with Crippen LogP contribution in [0.4, 0.5) is 0 Å². The molecule has 3 heterocycles. The normalized spacial score (nSPS) is 23.5. The van der Waals surface area contributed by atoms with Gasteiger partial charge in [-0.2, -0.15) is 4.31 Å². The highest BCUT2D eigenvalue weighted by atomic mass is 79.9. The number of nitrogens with one attached hydrogen (secondary N) is 2. The van der Waals surface area contributed by atoms with Crippen LogP contribution in [0.15, 0.2) is 26.3 Å². The van der Waals surface area contributed by atoms with E-state index < -0.39 is 10.0 Å². The molecule has 2 aliphatic heterocycles. The molecule has 0 aliphatic carbocycles. The molecule has 2 fully saturated rings. The zero-order valence-electron chi connectivity index (χ0n) is 13.5. The molecule has 0 bridgehead atoms. The third kappa shape index (κ3) is 3.17. The highest BCUT2D eigenvalue weighted by molar-refractivity contribution is 9.10. The fraction of sp³-hybridized carbons (Fsp3) is 0.533. The number of hydrogen-bond acceptors (Lipinski definition) is 5.